The van der Waals surface area contributed by atoms with Crippen LogP contribution < -0.4 is 14.4 Å². The lowest BCUT2D eigenvalue weighted by Crippen LogP contribution is -2.37. The topological polar surface area (TPSA) is 110 Å². The molecule has 0 spiro atoms. The van der Waals surface area contributed by atoms with Crippen molar-refractivity contribution in [3.8, 4) is 11.5 Å². The molecule has 4 rings (SSSR count). The second-order valence-electron chi connectivity index (χ2n) is 9.76. The van der Waals surface area contributed by atoms with Gasteiger partial charge in [0.25, 0.3) is 0 Å². The highest BCUT2D eigenvalue weighted by molar-refractivity contribution is 5.88. The third-order valence-electron chi connectivity index (χ3n) is 5.75. The number of carbonyl (C=O) groups excluding carboxylic acids is 1. The van der Waals surface area contributed by atoms with E-state index in [0.717, 1.165) is 16.5 Å². The molecule has 0 aliphatic heterocycles. The van der Waals surface area contributed by atoms with Gasteiger partial charge in [-0.1, -0.05) is 12.1 Å². The number of nitrogens with one attached hydrogen (secondary N) is 1. The van der Waals surface area contributed by atoms with Gasteiger partial charge in [-0.3, -0.25) is 4.90 Å². The quantitative estimate of drug-likeness (QED) is 0.351. The Hall–Kier alpha value is -4.11. The highest BCUT2D eigenvalue weighted by Gasteiger charge is 2.28. The van der Waals surface area contributed by atoms with E-state index in [2.05, 4.69) is 15.0 Å². The third kappa shape index (κ3) is 5.83. The molecule has 0 aliphatic carbocycles. The number of aliphatic hydroxyl groups excluding tert-OH is 1. The van der Waals surface area contributed by atoms with Crippen LogP contribution >= 0.6 is 0 Å². The number of hydrogen-bond donors (Lipinski definition) is 2. The van der Waals surface area contributed by atoms with Crippen LogP contribution in [0.1, 0.15) is 49.1 Å². The first-order valence-electron chi connectivity index (χ1n) is 11.9. The zero-order valence-electron chi connectivity index (χ0n) is 21.9. The number of aromatic amines is 1. The summed E-state index contributed by atoms with van der Waals surface area (Å²) in [5, 5.41) is 12.0. The van der Waals surface area contributed by atoms with Crippen molar-refractivity contribution in [1.82, 2.24) is 15.0 Å². The molecule has 3 aromatic heterocycles. The zero-order chi connectivity index (χ0) is 26.7. The molecule has 0 saturated carbocycles. The molecule has 0 saturated heterocycles. The number of carbonyl (C=O) groups is 1. The number of rotatable bonds is 7. The van der Waals surface area contributed by atoms with Gasteiger partial charge >= 0.3 is 6.09 Å². The predicted molar refractivity (Wildman–Crippen MR) is 141 cm³/mol. The predicted octanol–water partition coefficient (Wildman–Crippen LogP) is 5.31. The first kappa shape index (κ1) is 26.0. The van der Waals surface area contributed by atoms with E-state index in [1.54, 1.807) is 46.3 Å². The minimum absolute atomic E-state index is 0.192. The molecule has 0 bridgehead atoms. The Morgan fingerprint density at radius 3 is 2.46 bits per heavy atom. The molecule has 194 valence electrons. The van der Waals surface area contributed by atoms with Gasteiger partial charge in [-0.2, -0.15) is 0 Å². The van der Waals surface area contributed by atoms with E-state index in [1.807, 2.05) is 37.3 Å². The van der Waals surface area contributed by atoms with Gasteiger partial charge in [0.2, 0.25) is 0 Å². The van der Waals surface area contributed by atoms with E-state index in [4.69, 9.17) is 14.2 Å². The summed E-state index contributed by atoms with van der Waals surface area (Å²) in [6.07, 6.45) is 3.49. The number of ether oxygens (including phenoxy) is 3. The third-order valence-corrected chi connectivity index (χ3v) is 5.75. The summed E-state index contributed by atoms with van der Waals surface area (Å²) in [5.41, 5.74) is 2.99. The number of nitrogens with zero attached hydrogens (tertiary/aromatic N) is 3. The standard InChI is InChI=1S/C28H32N4O5/c1-17-11-21-22(15-30-25(21)29-13-17)24(33)19-12-23(36-6)26(31-14-19)32(27(34)37-28(2,3)4)16-18-7-9-20(35-5)10-8-18/h7-15,24,33H,16H2,1-6H3,(H,29,30). The smallest absolute Gasteiger partial charge is 0.416 e. The highest BCUT2D eigenvalue weighted by Crippen LogP contribution is 2.35. The summed E-state index contributed by atoms with van der Waals surface area (Å²) in [6, 6.07) is 11.0. The minimum atomic E-state index is -0.982. The molecule has 1 unspecified atom stereocenters. The lowest BCUT2D eigenvalue weighted by atomic mass is 10.0. The van der Waals surface area contributed by atoms with Crippen LogP contribution in [0.4, 0.5) is 10.6 Å². The van der Waals surface area contributed by atoms with E-state index in [1.165, 1.54) is 18.2 Å². The first-order chi connectivity index (χ1) is 17.6. The van der Waals surface area contributed by atoms with Crippen molar-refractivity contribution < 1.29 is 24.1 Å². The van der Waals surface area contributed by atoms with Crippen molar-refractivity contribution in [2.24, 2.45) is 0 Å². The van der Waals surface area contributed by atoms with Gasteiger partial charge in [0.05, 0.1) is 20.8 Å². The van der Waals surface area contributed by atoms with E-state index in [9.17, 15) is 9.90 Å². The molecule has 4 aromatic rings. The molecule has 1 aromatic carbocycles. The SMILES string of the molecule is COc1ccc(CN(C(=O)OC(C)(C)C)c2ncc(C(O)c3c[nH]c4ncc(C)cc34)cc2OC)cc1. The van der Waals surface area contributed by atoms with Crippen LogP contribution in [-0.2, 0) is 11.3 Å². The average molecular weight is 505 g/mol. The summed E-state index contributed by atoms with van der Waals surface area (Å²) in [4.78, 5) is 26.7. The van der Waals surface area contributed by atoms with Crippen LogP contribution in [0, 0.1) is 6.92 Å². The van der Waals surface area contributed by atoms with Gasteiger partial charge in [-0.05, 0) is 63.1 Å². The van der Waals surface area contributed by atoms with Crippen LogP contribution in [-0.4, -0.2) is 46.0 Å². The molecule has 37 heavy (non-hydrogen) atoms. The van der Waals surface area contributed by atoms with Crippen molar-refractivity contribution >= 4 is 22.9 Å². The molecule has 3 heterocycles. The van der Waals surface area contributed by atoms with Crippen LogP contribution in [0.5, 0.6) is 11.5 Å². The van der Waals surface area contributed by atoms with Gasteiger partial charge < -0.3 is 24.3 Å². The molecule has 0 fully saturated rings. The summed E-state index contributed by atoms with van der Waals surface area (Å²) in [5.74, 6) is 1.31. The Balaban J connectivity index is 1.71. The molecule has 0 aliphatic rings. The minimum Gasteiger partial charge on any atom is -0.497 e. The van der Waals surface area contributed by atoms with Crippen molar-refractivity contribution in [2.45, 2.75) is 45.9 Å². The largest absolute Gasteiger partial charge is 0.497 e. The molecule has 9 heteroatoms. The van der Waals surface area contributed by atoms with Crippen LogP contribution in [0.3, 0.4) is 0 Å². The summed E-state index contributed by atoms with van der Waals surface area (Å²) < 4.78 is 16.5. The van der Waals surface area contributed by atoms with Gasteiger partial charge in [0, 0.05) is 35.1 Å². The molecular formula is C28H32N4O5. The van der Waals surface area contributed by atoms with E-state index < -0.39 is 17.8 Å². The number of fused-ring (bicyclic) bond motifs is 1. The molecule has 1 atom stereocenters. The number of H-pyrrole nitrogens is 1. The van der Waals surface area contributed by atoms with Crippen LogP contribution in [0.25, 0.3) is 11.0 Å². The van der Waals surface area contributed by atoms with Crippen LogP contribution in [0.15, 0.2) is 55.0 Å². The Kier molecular flexibility index (Phi) is 7.35. The lowest BCUT2D eigenvalue weighted by Gasteiger charge is -2.28. The molecule has 9 nitrogen and oxygen atoms in total. The fourth-order valence-electron chi connectivity index (χ4n) is 3.95. The Morgan fingerprint density at radius 2 is 1.81 bits per heavy atom. The second kappa shape index (κ2) is 10.5. The zero-order valence-corrected chi connectivity index (χ0v) is 21.9. The fraction of sp³-hybridized carbons (Fsp3) is 0.321. The maximum atomic E-state index is 13.3. The van der Waals surface area contributed by atoms with Crippen molar-refractivity contribution in [1.29, 1.82) is 0 Å². The maximum absolute atomic E-state index is 13.3. The maximum Gasteiger partial charge on any atom is 0.416 e. The molecule has 1 amide bonds. The van der Waals surface area contributed by atoms with Crippen LogP contribution in [0.2, 0.25) is 0 Å². The van der Waals surface area contributed by atoms with E-state index in [0.29, 0.717) is 28.3 Å². The van der Waals surface area contributed by atoms with Gasteiger partial charge in [-0.25, -0.2) is 14.8 Å². The number of pyridine rings is 2. The first-order valence-corrected chi connectivity index (χ1v) is 11.9. The number of methoxy groups -OCH3 is 2. The molecule has 2 N–H and O–H groups in total. The number of hydrogen-bond acceptors (Lipinski definition) is 7. The molecular weight excluding hydrogens is 472 g/mol. The van der Waals surface area contributed by atoms with Crippen molar-refractivity contribution in [3.63, 3.8) is 0 Å². The normalized spacial score (nSPS) is 12.3. The molecule has 0 radical (unpaired) electrons. The Bertz CT molecular complexity index is 1390. The number of benzene rings is 1. The fourth-order valence-corrected chi connectivity index (χ4v) is 3.95. The van der Waals surface area contributed by atoms with Gasteiger partial charge in [0.1, 0.15) is 23.1 Å². The van der Waals surface area contributed by atoms with Gasteiger partial charge in [-0.15, -0.1) is 0 Å². The summed E-state index contributed by atoms with van der Waals surface area (Å²) in [7, 11) is 3.09. The van der Waals surface area contributed by atoms with Crippen molar-refractivity contribution in [2.75, 3.05) is 19.1 Å². The Morgan fingerprint density at radius 1 is 1.08 bits per heavy atom. The highest BCUT2D eigenvalue weighted by atomic mass is 16.6. The summed E-state index contributed by atoms with van der Waals surface area (Å²) in [6.45, 7) is 7.55. The number of aromatic nitrogens is 3. The van der Waals surface area contributed by atoms with Crippen molar-refractivity contribution in [3.05, 3.63) is 77.2 Å². The Labute approximate surface area is 216 Å². The number of amides is 1. The summed E-state index contributed by atoms with van der Waals surface area (Å²) >= 11 is 0. The number of anilines is 1. The van der Waals surface area contributed by atoms with E-state index in [-0.39, 0.29) is 12.4 Å². The lowest BCUT2D eigenvalue weighted by molar-refractivity contribution is 0.0575. The van der Waals surface area contributed by atoms with E-state index >= 15 is 0 Å². The number of aryl methyl sites for hydroxylation is 1. The van der Waals surface area contributed by atoms with Gasteiger partial charge in [0.15, 0.2) is 11.6 Å². The average Bonchev–Trinajstić information content (AvgIpc) is 3.28. The monoisotopic (exact) mass is 504 g/mol. The second-order valence-corrected chi connectivity index (χ2v) is 9.76. The number of aliphatic hydroxyl groups is 1.